The molecule has 0 saturated carbocycles. The third-order valence-electron chi connectivity index (χ3n) is 2.77. The molecular formula is C12H22N2O3. The summed E-state index contributed by atoms with van der Waals surface area (Å²) in [4.78, 5) is 0. The van der Waals surface area contributed by atoms with Crippen LogP contribution in [0.4, 0.5) is 0 Å². The summed E-state index contributed by atoms with van der Waals surface area (Å²) in [6.07, 6.45) is 0.912. The van der Waals surface area contributed by atoms with Gasteiger partial charge in [-0.1, -0.05) is 0 Å². The zero-order valence-corrected chi connectivity index (χ0v) is 10.9. The van der Waals surface area contributed by atoms with Gasteiger partial charge in [-0.05, 0) is 20.3 Å². The van der Waals surface area contributed by atoms with Gasteiger partial charge < -0.3 is 14.6 Å². The van der Waals surface area contributed by atoms with Gasteiger partial charge in [-0.2, -0.15) is 5.10 Å². The van der Waals surface area contributed by atoms with Crippen molar-refractivity contribution in [3.63, 3.8) is 0 Å². The summed E-state index contributed by atoms with van der Waals surface area (Å²) < 4.78 is 12.3. The number of hydrogen-bond acceptors (Lipinski definition) is 4. The molecule has 0 amide bonds. The number of methoxy groups -OCH3 is 1. The maximum absolute atomic E-state index is 9.18. The molecule has 1 aromatic heterocycles. The standard InChI is InChI=1S/C12H22N2O3/c1-10-12(9-15)11(2)14(13-10)5-8-17-7-4-6-16-3/h15H,4-9H2,1-3H3. The molecule has 1 rings (SSSR count). The fourth-order valence-corrected chi connectivity index (χ4v) is 1.74. The van der Waals surface area contributed by atoms with Gasteiger partial charge in [-0.3, -0.25) is 4.68 Å². The van der Waals surface area contributed by atoms with E-state index >= 15 is 0 Å². The van der Waals surface area contributed by atoms with Crippen LogP contribution >= 0.6 is 0 Å². The Labute approximate surface area is 102 Å². The van der Waals surface area contributed by atoms with Crippen molar-refractivity contribution >= 4 is 0 Å². The van der Waals surface area contributed by atoms with Crippen molar-refractivity contribution in [2.75, 3.05) is 26.9 Å². The quantitative estimate of drug-likeness (QED) is 0.692. The fourth-order valence-electron chi connectivity index (χ4n) is 1.74. The van der Waals surface area contributed by atoms with Crippen LogP contribution < -0.4 is 0 Å². The first kappa shape index (κ1) is 14.2. The first-order valence-electron chi connectivity index (χ1n) is 5.91. The average molecular weight is 242 g/mol. The molecule has 0 aliphatic rings. The van der Waals surface area contributed by atoms with Crippen LogP contribution in [0.25, 0.3) is 0 Å². The van der Waals surface area contributed by atoms with E-state index in [1.165, 1.54) is 0 Å². The van der Waals surface area contributed by atoms with Gasteiger partial charge in [0.05, 0.1) is 25.5 Å². The molecule has 0 fully saturated rings. The Kier molecular flexibility index (Phi) is 6.18. The van der Waals surface area contributed by atoms with Crippen LogP contribution in [0.15, 0.2) is 0 Å². The first-order valence-corrected chi connectivity index (χ1v) is 5.91. The summed E-state index contributed by atoms with van der Waals surface area (Å²) in [5.74, 6) is 0. The van der Waals surface area contributed by atoms with Gasteiger partial charge in [0.15, 0.2) is 0 Å². The molecule has 0 spiro atoms. The maximum Gasteiger partial charge on any atom is 0.0718 e. The van der Waals surface area contributed by atoms with Crippen molar-refractivity contribution in [2.24, 2.45) is 0 Å². The van der Waals surface area contributed by atoms with Gasteiger partial charge in [-0.25, -0.2) is 0 Å². The molecular weight excluding hydrogens is 220 g/mol. The molecule has 98 valence electrons. The number of aliphatic hydroxyl groups excluding tert-OH is 1. The summed E-state index contributed by atoms with van der Waals surface area (Å²) >= 11 is 0. The third kappa shape index (κ3) is 4.11. The van der Waals surface area contributed by atoms with E-state index in [0.717, 1.165) is 36.5 Å². The van der Waals surface area contributed by atoms with Crippen molar-refractivity contribution in [2.45, 2.75) is 33.4 Å². The van der Waals surface area contributed by atoms with E-state index in [1.54, 1.807) is 7.11 Å². The molecule has 0 radical (unpaired) electrons. The van der Waals surface area contributed by atoms with E-state index in [9.17, 15) is 5.11 Å². The Morgan fingerprint density at radius 3 is 2.59 bits per heavy atom. The predicted molar refractivity (Wildman–Crippen MR) is 64.9 cm³/mol. The lowest BCUT2D eigenvalue weighted by atomic mass is 10.2. The molecule has 0 saturated heterocycles. The number of hydrogen-bond donors (Lipinski definition) is 1. The van der Waals surface area contributed by atoms with Crippen molar-refractivity contribution in [3.05, 3.63) is 17.0 Å². The van der Waals surface area contributed by atoms with E-state index in [4.69, 9.17) is 9.47 Å². The molecule has 0 aromatic carbocycles. The number of aliphatic hydroxyl groups is 1. The lowest BCUT2D eigenvalue weighted by Gasteiger charge is -2.06. The Morgan fingerprint density at radius 2 is 2.00 bits per heavy atom. The normalized spacial score (nSPS) is 11.1. The molecule has 0 unspecified atom stereocenters. The fraction of sp³-hybridized carbons (Fsp3) is 0.750. The topological polar surface area (TPSA) is 56.5 Å². The highest BCUT2D eigenvalue weighted by Gasteiger charge is 2.09. The minimum Gasteiger partial charge on any atom is -0.392 e. The number of aryl methyl sites for hydroxylation is 1. The number of nitrogens with zero attached hydrogens (tertiary/aromatic N) is 2. The molecule has 5 heteroatoms. The van der Waals surface area contributed by atoms with Gasteiger partial charge in [0.1, 0.15) is 0 Å². The molecule has 17 heavy (non-hydrogen) atoms. The van der Waals surface area contributed by atoms with Gasteiger partial charge in [0, 0.05) is 31.6 Å². The summed E-state index contributed by atoms with van der Waals surface area (Å²) in [5, 5.41) is 13.5. The predicted octanol–water partition coefficient (Wildman–Crippen LogP) is 1.05. The largest absolute Gasteiger partial charge is 0.392 e. The monoisotopic (exact) mass is 242 g/mol. The minimum absolute atomic E-state index is 0.0480. The maximum atomic E-state index is 9.18. The number of rotatable bonds is 8. The molecule has 1 heterocycles. The smallest absolute Gasteiger partial charge is 0.0718 e. The second kappa shape index (κ2) is 7.42. The van der Waals surface area contributed by atoms with Gasteiger partial charge in [0.2, 0.25) is 0 Å². The number of aromatic nitrogens is 2. The second-order valence-electron chi connectivity index (χ2n) is 3.99. The van der Waals surface area contributed by atoms with Crippen LogP contribution in [-0.2, 0) is 22.6 Å². The van der Waals surface area contributed by atoms with E-state index in [-0.39, 0.29) is 6.61 Å². The molecule has 0 aliphatic carbocycles. The average Bonchev–Trinajstić information content (AvgIpc) is 2.58. The zero-order valence-electron chi connectivity index (χ0n) is 10.9. The molecule has 0 atom stereocenters. The van der Waals surface area contributed by atoms with Crippen LogP contribution in [0.5, 0.6) is 0 Å². The Bertz CT molecular complexity index is 337. The highest BCUT2D eigenvalue weighted by molar-refractivity contribution is 5.23. The summed E-state index contributed by atoms with van der Waals surface area (Å²) in [7, 11) is 1.69. The first-order chi connectivity index (χ1) is 8.20. The minimum atomic E-state index is 0.0480. The van der Waals surface area contributed by atoms with Gasteiger partial charge in [-0.15, -0.1) is 0 Å². The Morgan fingerprint density at radius 1 is 1.24 bits per heavy atom. The lowest BCUT2D eigenvalue weighted by molar-refractivity contribution is 0.0957. The van der Waals surface area contributed by atoms with Crippen molar-refractivity contribution in [3.8, 4) is 0 Å². The van der Waals surface area contributed by atoms with Crippen molar-refractivity contribution in [1.29, 1.82) is 0 Å². The molecule has 5 nitrogen and oxygen atoms in total. The van der Waals surface area contributed by atoms with Crippen LogP contribution in [0, 0.1) is 13.8 Å². The zero-order chi connectivity index (χ0) is 12.7. The molecule has 1 N–H and O–H groups in total. The third-order valence-corrected chi connectivity index (χ3v) is 2.77. The van der Waals surface area contributed by atoms with Crippen LogP contribution in [0.2, 0.25) is 0 Å². The van der Waals surface area contributed by atoms with Crippen LogP contribution in [-0.4, -0.2) is 41.8 Å². The van der Waals surface area contributed by atoms with E-state index < -0.39 is 0 Å². The van der Waals surface area contributed by atoms with Crippen molar-refractivity contribution in [1.82, 2.24) is 9.78 Å². The summed E-state index contributed by atoms with van der Waals surface area (Å²) in [5.41, 5.74) is 2.83. The second-order valence-corrected chi connectivity index (χ2v) is 3.99. The van der Waals surface area contributed by atoms with E-state index in [0.29, 0.717) is 13.2 Å². The Balaban J connectivity index is 2.32. The van der Waals surface area contributed by atoms with Crippen LogP contribution in [0.3, 0.4) is 0 Å². The highest BCUT2D eigenvalue weighted by Crippen LogP contribution is 2.12. The van der Waals surface area contributed by atoms with E-state index in [1.807, 2.05) is 18.5 Å². The van der Waals surface area contributed by atoms with E-state index in [2.05, 4.69) is 5.10 Å². The van der Waals surface area contributed by atoms with Crippen LogP contribution in [0.1, 0.15) is 23.4 Å². The molecule has 1 aromatic rings. The number of ether oxygens (including phenoxy) is 2. The lowest BCUT2D eigenvalue weighted by Crippen LogP contribution is -2.10. The van der Waals surface area contributed by atoms with Gasteiger partial charge >= 0.3 is 0 Å². The SMILES string of the molecule is COCCCOCCn1nc(C)c(CO)c1C. The molecule has 0 bridgehead atoms. The highest BCUT2D eigenvalue weighted by atomic mass is 16.5. The van der Waals surface area contributed by atoms with Gasteiger partial charge in [0.25, 0.3) is 0 Å². The summed E-state index contributed by atoms with van der Waals surface area (Å²) in [6.45, 7) is 6.72. The summed E-state index contributed by atoms with van der Waals surface area (Å²) in [6, 6.07) is 0. The Hall–Kier alpha value is -0.910. The molecule has 0 aliphatic heterocycles. The van der Waals surface area contributed by atoms with Crippen molar-refractivity contribution < 1.29 is 14.6 Å².